The van der Waals surface area contributed by atoms with E-state index in [0.717, 1.165) is 30.8 Å². The van der Waals surface area contributed by atoms with E-state index in [1.165, 1.54) is 5.56 Å². The summed E-state index contributed by atoms with van der Waals surface area (Å²) >= 11 is 0. The molecule has 0 saturated carbocycles. The average Bonchev–Trinajstić information content (AvgIpc) is 2.55. The summed E-state index contributed by atoms with van der Waals surface area (Å²) in [6, 6.07) is 18.0. The van der Waals surface area contributed by atoms with Crippen LogP contribution < -0.4 is 10.1 Å². The van der Waals surface area contributed by atoms with Gasteiger partial charge in [-0.05, 0) is 56.1 Å². The zero-order chi connectivity index (χ0) is 15.8. The first kappa shape index (κ1) is 16.5. The van der Waals surface area contributed by atoms with E-state index in [2.05, 4.69) is 29.6 Å². The fraction of sp³-hybridized carbons (Fsp3) is 0.368. The molecule has 0 saturated heterocycles. The van der Waals surface area contributed by atoms with E-state index in [0.29, 0.717) is 6.42 Å². The van der Waals surface area contributed by atoms with Crippen LogP contribution in [0.2, 0.25) is 0 Å². The van der Waals surface area contributed by atoms with E-state index in [1.807, 2.05) is 37.3 Å². The smallest absolute Gasteiger partial charge is 0.119 e. The van der Waals surface area contributed by atoms with Crippen molar-refractivity contribution in [3.05, 3.63) is 65.7 Å². The van der Waals surface area contributed by atoms with E-state index in [-0.39, 0.29) is 0 Å². The van der Waals surface area contributed by atoms with Gasteiger partial charge in [0.05, 0.1) is 12.7 Å². The van der Waals surface area contributed by atoms with Gasteiger partial charge in [0, 0.05) is 0 Å². The van der Waals surface area contributed by atoms with E-state index < -0.39 is 5.60 Å². The standard InChI is InChI=1S/C19H25NO2/c1-19(21,17-9-6-10-18(15-17)22-2)12-14-20-13-11-16-7-4-3-5-8-16/h3-10,15,20-21H,11-14H2,1-2H3. The number of ether oxygens (including phenoxy) is 1. The van der Waals surface area contributed by atoms with Gasteiger partial charge >= 0.3 is 0 Å². The van der Waals surface area contributed by atoms with Gasteiger partial charge in [0.1, 0.15) is 5.75 Å². The van der Waals surface area contributed by atoms with E-state index in [4.69, 9.17) is 4.74 Å². The lowest BCUT2D eigenvalue weighted by atomic mass is 9.92. The van der Waals surface area contributed by atoms with Crippen molar-refractivity contribution in [2.75, 3.05) is 20.2 Å². The molecule has 1 atom stereocenters. The molecule has 0 radical (unpaired) electrons. The van der Waals surface area contributed by atoms with Crippen molar-refractivity contribution >= 4 is 0 Å². The lowest BCUT2D eigenvalue weighted by Gasteiger charge is -2.24. The minimum absolute atomic E-state index is 0.662. The van der Waals surface area contributed by atoms with Crippen LogP contribution in [0.15, 0.2) is 54.6 Å². The summed E-state index contributed by atoms with van der Waals surface area (Å²) in [6.07, 6.45) is 1.66. The number of benzene rings is 2. The number of aliphatic hydroxyl groups is 1. The quantitative estimate of drug-likeness (QED) is 0.736. The van der Waals surface area contributed by atoms with Crippen LogP contribution in [0.25, 0.3) is 0 Å². The summed E-state index contributed by atoms with van der Waals surface area (Å²) in [4.78, 5) is 0. The minimum Gasteiger partial charge on any atom is -0.497 e. The number of rotatable bonds is 8. The average molecular weight is 299 g/mol. The summed E-state index contributed by atoms with van der Waals surface area (Å²) in [5.41, 5.74) is 1.36. The summed E-state index contributed by atoms with van der Waals surface area (Å²) in [5, 5.41) is 14.0. The third-order valence-corrected chi connectivity index (χ3v) is 3.91. The zero-order valence-electron chi connectivity index (χ0n) is 13.4. The normalized spacial score (nSPS) is 13.6. The lowest BCUT2D eigenvalue weighted by molar-refractivity contribution is 0.0479. The maximum absolute atomic E-state index is 10.6. The lowest BCUT2D eigenvalue weighted by Crippen LogP contribution is -2.28. The van der Waals surface area contributed by atoms with Crippen molar-refractivity contribution in [1.82, 2.24) is 5.32 Å². The highest BCUT2D eigenvalue weighted by Gasteiger charge is 2.22. The van der Waals surface area contributed by atoms with E-state index >= 15 is 0 Å². The third-order valence-electron chi connectivity index (χ3n) is 3.91. The Morgan fingerprint density at radius 1 is 1.05 bits per heavy atom. The molecule has 0 fully saturated rings. The van der Waals surface area contributed by atoms with E-state index in [9.17, 15) is 5.11 Å². The minimum atomic E-state index is -0.853. The van der Waals surface area contributed by atoms with Crippen LogP contribution in [0.3, 0.4) is 0 Å². The third kappa shape index (κ3) is 4.86. The number of methoxy groups -OCH3 is 1. The SMILES string of the molecule is COc1cccc(C(C)(O)CCNCCc2ccccc2)c1. The van der Waals surface area contributed by atoms with Gasteiger partial charge in [-0.3, -0.25) is 0 Å². The fourth-order valence-electron chi connectivity index (χ4n) is 2.44. The van der Waals surface area contributed by atoms with Crippen LogP contribution in [0.5, 0.6) is 5.75 Å². The molecule has 3 nitrogen and oxygen atoms in total. The monoisotopic (exact) mass is 299 g/mol. The summed E-state index contributed by atoms with van der Waals surface area (Å²) < 4.78 is 5.22. The van der Waals surface area contributed by atoms with Crippen molar-refractivity contribution in [3.8, 4) is 5.75 Å². The molecule has 0 aromatic heterocycles. The predicted molar refractivity (Wildman–Crippen MR) is 90.2 cm³/mol. The Labute approximate surface area is 133 Å². The van der Waals surface area contributed by atoms with Crippen molar-refractivity contribution in [2.24, 2.45) is 0 Å². The Morgan fingerprint density at radius 3 is 2.55 bits per heavy atom. The van der Waals surface area contributed by atoms with Crippen LogP contribution >= 0.6 is 0 Å². The first-order valence-corrected chi connectivity index (χ1v) is 7.73. The predicted octanol–water partition coefficient (Wildman–Crippen LogP) is 3.13. The summed E-state index contributed by atoms with van der Waals surface area (Å²) in [7, 11) is 1.64. The van der Waals surface area contributed by atoms with Gasteiger partial charge in [-0.15, -0.1) is 0 Å². The Hall–Kier alpha value is -1.84. The molecule has 2 aromatic carbocycles. The maximum Gasteiger partial charge on any atom is 0.119 e. The maximum atomic E-state index is 10.6. The molecule has 22 heavy (non-hydrogen) atoms. The molecular weight excluding hydrogens is 274 g/mol. The molecule has 0 spiro atoms. The highest BCUT2D eigenvalue weighted by molar-refractivity contribution is 5.31. The summed E-state index contributed by atoms with van der Waals surface area (Å²) in [5.74, 6) is 0.773. The molecule has 0 heterocycles. The highest BCUT2D eigenvalue weighted by atomic mass is 16.5. The Balaban J connectivity index is 1.77. The van der Waals surface area contributed by atoms with Crippen molar-refractivity contribution in [1.29, 1.82) is 0 Å². The molecule has 2 N–H and O–H groups in total. The van der Waals surface area contributed by atoms with Gasteiger partial charge in [0.2, 0.25) is 0 Å². The molecule has 118 valence electrons. The van der Waals surface area contributed by atoms with Gasteiger partial charge < -0.3 is 15.2 Å². The number of hydrogen-bond donors (Lipinski definition) is 2. The topological polar surface area (TPSA) is 41.5 Å². The molecule has 0 bridgehead atoms. The Kier molecular flexibility index (Phi) is 5.99. The fourth-order valence-corrected chi connectivity index (χ4v) is 2.44. The van der Waals surface area contributed by atoms with Gasteiger partial charge in [-0.2, -0.15) is 0 Å². The molecule has 1 unspecified atom stereocenters. The molecule has 0 aliphatic heterocycles. The zero-order valence-corrected chi connectivity index (χ0v) is 13.4. The molecular formula is C19H25NO2. The van der Waals surface area contributed by atoms with Gasteiger partial charge in [-0.25, -0.2) is 0 Å². The van der Waals surface area contributed by atoms with Crippen molar-refractivity contribution < 1.29 is 9.84 Å². The number of nitrogens with one attached hydrogen (secondary N) is 1. The Morgan fingerprint density at radius 2 is 1.82 bits per heavy atom. The van der Waals surface area contributed by atoms with Crippen LogP contribution in [0, 0.1) is 0 Å². The Bertz CT molecular complexity index is 567. The van der Waals surface area contributed by atoms with E-state index in [1.54, 1.807) is 7.11 Å². The van der Waals surface area contributed by atoms with Crippen LogP contribution in [-0.4, -0.2) is 25.3 Å². The molecule has 0 aliphatic rings. The van der Waals surface area contributed by atoms with Crippen molar-refractivity contribution in [3.63, 3.8) is 0 Å². The first-order chi connectivity index (χ1) is 10.6. The van der Waals surface area contributed by atoms with Gasteiger partial charge in [0.25, 0.3) is 0 Å². The largest absolute Gasteiger partial charge is 0.497 e. The second kappa shape index (κ2) is 7.97. The van der Waals surface area contributed by atoms with Crippen LogP contribution in [-0.2, 0) is 12.0 Å². The second-order valence-corrected chi connectivity index (χ2v) is 5.74. The number of hydrogen-bond acceptors (Lipinski definition) is 3. The summed E-state index contributed by atoms with van der Waals surface area (Å²) in [6.45, 7) is 3.54. The first-order valence-electron chi connectivity index (χ1n) is 7.73. The highest BCUT2D eigenvalue weighted by Crippen LogP contribution is 2.26. The van der Waals surface area contributed by atoms with Gasteiger partial charge in [0.15, 0.2) is 0 Å². The second-order valence-electron chi connectivity index (χ2n) is 5.74. The molecule has 0 aliphatic carbocycles. The molecule has 3 heteroatoms. The van der Waals surface area contributed by atoms with Crippen LogP contribution in [0.1, 0.15) is 24.5 Å². The van der Waals surface area contributed by atoms with Crippen molar-refractivity contribution in [2.45, 2.75) is 25.4 Å². The molecule has 0 amide bonds. The molecule has 2 aromatic rings. The van der Waals surface area contributed by atoms with Crippen LogP contribution in [0.4, 0.5) is 0 Å². The molecule has 2 rings (SSSR count). The van der Waals surface area contributed by atoms with Gasteiger partial charge in [-0.1, -0.05) is 42.5 Å².